The smallest absolute Gasteiger partial charge is 0.0812 e. The Bertz CT molecular complexity index is 345. The van der Waals surface area contributed by atoms with Gasteiger partial charge in [-0.15, -0.1) is 11.3 Å². The minimum Gasteiger partial charge on any atom is -0.388 e. The number of halogens is 2. The van der Waals surface area contributed by atoms with E-state index in [2.05, 4.69) is 31.9 Å². The molecule has 0 saturated heterocycles. The molecular weight excluding hydrogens is 352 g/mol. The largest absolute Gasteiger partial charge is 0.388 e. The van der Waals surface area contributed by atoms with E-state index in [9.17, 15) is 5.11 Å². The van der Waals surface area contributed by atoms with Gasteiger partial charge in [-0.3, -0.25) is 0 Å². The number of hydrogen-bond acceptors (Lipinski definition) is 2. The molecule has 0 aromatic carbocycles. The predicted octanol–water partition coefficient (Wildman–Crippen LogP) is 5.28. The van der Waals surface area contributed by atoms with Crippen LogP contribution in [0.25, 0.3) is 0 Å². The lowest BCUT2D eigenvalue weighted by atomic mass is 9.84. The average Bonchev–Trinajstić information content (AvgIpc) is 2.59. The molecule has 1 heterocycles. The number of rotatable bonds is 3. The summed E-state index contributed by atoms with van der Waals surface area (Å²) in [5.41, 5.74) is 1.04. The lowest BCUT2D eigenvalue weighted by Gasteiger charge is -2.23. The zero-order valence-electron chi connectivity index (χ0n) is 9.09. The van der Waals surface area contributed by atoms with E-state index in [0.29, 0.717) is 5.92 Å². The molecule has 1 aromatic rings. The molecular formula is C12H16Br2OS. The summed E-state index contributed by atoms with van der Waals surface area (Å²) in [6, 6.07) is 2.03. The predicted molar refractivity (Wildman–Crippen MR) is 75.9 cm³/mol. The third kappa shape index (κ3) is 3.31. The number of hydrogen-bond donors (Lipinski definition) is 1. The first-order valence-electron chi connectivity index (χ1n) is 5.79. The van der Waals surface area contributed by atoms with Gasteiger partial charge in [0.25, 0.3) is 0 Å². The van der Waals surface area contributed by atoms with E-state index in [1.807, 2.05) is 6.07 Å². The third-order valence-electron chi connectivity index (χ3n) is 3.32. The second kappa shape index (κ2) is 5.98. The van der Waals surface area contributed by atoms with E-state index in [0.717, 1.165) is 19.6 Å². The Morgan fingerprint density at radius 2 is 2.00 bits per heavy atom. The van der Waals surface area contributed by atoms with Gasteiger partial charge < -0.3 is 5.11 Å². The summed E-state index contributed by atoms with van der Waals surface area (Å²) >= 11 is 8.60. The van der Waals surface area contributed by atoms with Crippen LogP contribution in [0.3, 0.4) is 0 Å². The normalized spacial score (nSPS) is 19.9. The van der Waals surface area contributed by atoms with E-state index < -0.39 is 0 Å². The SMILES string of the molecule is OC(CC1CCCCC1)c1cc(Br)sc1Br. The summed E-state index contributed by atoms with van der Waals surface area (Å²) in [5, 5.41) is 10.2. The van der Waals surface area contributed by atoms with Crippen LogP contribution < -0.4 is 0 Å². The lowest BCUT2D eigenvalue weighted by molar-refractivity contribution is 0.131. The van der Waals surface area contributed by atoms with Crippen LogP contribution in [-0.4, -0.2) is 5.11 Å². The van der Waals surface area contributed by atoms with Gasteiger partial charge in [0.1, 0.15) is 0 Å². The molecule has 0 aliphatic heterocycles. The number of aliphatic hydroxyl groups is 1. The second-order valence-corrected chi connectivity index (χ2v) is 8.28. The van der Waals surface area contributed by atoms with Crippen LogP contribution in [0, 0.1) is 5.92 Å². The maximum atomic E-state index is 10.2. The highest BCUT2D eigenvalue weighted by Crippen LogP contribution is 2.39. The molecule has 1 fully saturated rings. The van der Waals surface area contributed by atoms with E-state index >= 15 is 0 Å². The summed E-state index contributed by atoms with van der Waals surface area (Å²) in [5.74, 6) is 0.717. The van der Waals surface area contributed by atoms with Crippen LogP contribution in [0.2, 0.25) is 0 Å². The summed E-state index contributed by atoms with van der Waals surface area (Å²) in [4.78, 5) is 0. The summed E-state index contributed by atoms with van der Waals surface area (Å²) < 4.78 is 2.14. The van der Waals surface area contributed by atoms with Gasteiger partial charge in [-0.25, -0.2) is 0 Å². The molecule has 1 aromatic heterocycles. The molecule has 1 N–H and O–H groups in total. The Morgan fingerprint density at radius 1 is 1.31 bits per heavy atom. The molecule has 90 valence electrons. The molecule has 0 amide bonds. The van der Waals surface area contributed by atoms with Gasteiger partial charge >= 0.3 is 0 Å². The van der Waals surface area contributed by atoms with Crippen molar-refractivity contribution >= 4 is 43.2 Å². The maximum Gasteiger partial charge on any atom is 0.0812 e. The molecule has 2 rings (SSSR count). The van der Waals surface area contributed by atoms with Crippen molar-refractivity contribution < 1.29 is 5.11 Å². The van der Waals surface area contributed by atoms with Gasteiger partial charge in [0.2, 0.25) is 0 Å². The molecule has 0 radical (unpaired) electrons. The van der Waals surface area contributed by atoms with Gasteiger partial charge in [0.15, 0.2) is 0 Å². The lowest BCUT2D eigenvalue weighted by Crippen LogP contribution is -2.10. The Morgan fingerprint density at radius 3 is 2.56 bits per heavy atom. The van der Waals surface area contributed by atoms with Crippen LogP contribution in [0.1, 0.15) is 50.2 Å². The third-order valence-corrected chi connectivity index (χ3v) is 5.71. The fourth-order valence-electron chi connectivity index (χ4n) is 2.45. The molecule has 1 unspecified atom stereocenters. The highest BCUT2D eigenvalue weighted by molar-refractivity contribution is 9.12. The first-order valence-corrected chi connectivity index (χ1v) is 8.20. The van der Waals surface area contributed by atoms with Crippen LogP contribution in [0.15, 0.2) is 13.6 Å². The van der Waals surface area contributed by atoms with Crippen LogP contribution in [-0.2, 0) is 0 Å². The topological polar surface area (TPSA) is 20.2 Å². The van der Waals surface area contributed by atoms with E-state index in [1.54, 1.807) is 11.3 Å². The van der Waals surface area contributed by atoms with Gasteiger partial charge in [-0.05, 0) is 50.3 Å². The fourth-order valence-corrected chi connectivity index (χ4v) is 5.40. The summed E-state index contributed by atoms with van der Waals surface area (Å²) in [6.07, 6.45) is 7.25. The highest BCUT2D eigenvalue weighted by atomic mass is 79.9. The Hall–Kier alpha value is 0.620. The monoisotopic (exact) mass is 366 g/mol. The van der Waals surface area contributed by atoms with Crippen LogP contribution in [0.4, 0.5) is 0 Å². The zero-order chi connectivity index (χ0) is 11.5. The van der Waals surface area contributed by atoms with Crippen molar-refractivity contribution in [1.82, 2.24) is 0 Å². The molecule has 1 atom stereocenters. The van der Waals surface area contributed by atoms with Crippen LogP contribution >= 0.6 is 43.2 Å². The van der Waals surface area contributed by atoms with E-state index in [4.69, 9.17) is 0 Å². The zero-order valence-corrected chi connectivity index (χ0v) is 13.1. The van der Waals surface area contributed by atoms with Crippen molar-refractivity contribution in [2.24, 2.45) is 5.92 Å². The highest BCUT2D eigenvalue weighted by Gasteiger charge is 2.21. The first-order chi connectivity index (χ1) is 7.66. The summed E-state index contributed by atoms with van der Waals surface area (Å²) in [7, 11) is 0. The van der Waals surface area contributed by atoms with E-state index in [-0.39, 0.29) is 6.10 Å². The molecule has 1 aliphatic carbocycles. The average molecular weight is 368 g/mol. The van der Waals surface area contributed by atoms with Crippen molar-refractivity contribution in [1.29, 1.82) is 0 Å². The molecule has 0 spiro atoms. The van der Waals surface area contributed by atoms with Gasteiger partial charge in [-0.1, -0.05) is 32.1 Å². The van der Waals surface area contributed by atoms with Crippen molar-refractivity contribution in [3.05, 3.63) is 19.2 Å². The van der Waals surface area contributed by atoms with Gasteiger partial charge in [0.05, 0.1) is 13.7 Å². The molecule has 1 saturated carbocycles. The molecule has 16 heavy (non-hydrogen) atoms. The van der Waals surface area contributed by atoms with E-state index in [1.165, 1.54) is 32.1 Å². The summed E-state index contributed by atoms with van der Waals surface area (Å²) in [6.45, 7) is 0. The second-order valence-electron chi connectivity index (χ2n) is 4.54. The van der Waals surface area contributed by atoms with Crippen molar-refractivity contribution in [3.63, 3.8) is 0 Å². The van der Waals surface area contributed by atoms with Crippen molar-refractivity contribution in [2.45, 2.75) is 44.6 Å². The number of thiophene rings is 1. The standard InChI is InChI=1S/C12H16Br2OS/c13-11-7-9(12(14)16-11)10(15)6-8-4-2-1-3-5-8/h7-8,10,15H,1-6H2. The number of aliphatic hydroxyl groups excluding tert-OH is 1. The van der Waals surface area contributed by atoms with Gasteiger partial charge in [0, 0.05) is 5.56 Å². The Labute approximate surface area is 118 Å². The van der Waals surface area contributed by atoms with Crippen molar-refractivity contribution in [3.8, 4) is 0 Å². The molecule has 4 heteroatoms. The molecule has 0 bridgehead atoms. The molecule has 1 nitrogen and oxygen atoms in total. The Kier molecular flexibility index (Phi) is 4.89. The van der Waals surface area contributed by atoms with Crippen LogP contribution in [0.5, 0.6) is 0 Å². The quantitative estimate of drug-likeness (QED) is 0.770. The van der Waals surface area contributed by atoms with Crippen molar-refractivity contribution in [2.75, 3.05) is 0 Å². The Balaban J connectivity index is 1.96. The minimum absolute atomic E-state index is 0.306. The minimum atomic E-state index is -0.306. The fraction of sp³-hybridized carbons (Fsp3) is 0.667. The maximum absolute atomic E-state index is 10.2. The first kappa shape index (κ1) is 13.1. The van der Waals surface area contributed by atoms with Gasteiger partial charge in [-0.2, -0.15) is 0 Å². The molecule has 1 aliphatic rings.